The van der Waals surface area contributed by atoms with E-state index in [1.54, 1.807) is 24.3 Å². The summed E-state index contributed by atoms with van der Waals surface area (Å²) in [4.78, 5) is 11.9. The Balaban J connectivity index is 1.85. The van der Waals surface area contributed by atoms with E-state index in [1.807, 2.05) is 19.1 Å². The highest BCUT2D eigenvalue weighted by molar-refractivity contribution is 6.30. The number of nitrogens with one attached hydrogen (secondary N) is 2. The Labute approximate surface area is 128 Å². The Morgan fingerprint density at radius 2 is 1.95 bits per heavy atom. The van der Waals surface area contributed by atoms with Crippen molar-refractivity contribution in [2.24, 2.45) is 0 Å². The quantitative estimate of drug-likeness (QED) is 0.883. The minimum atomic E-state index is -0.292. The van der Waals surface area contributed by atoms with E-state index in [4.69, 9.17) is 11.6 Å². The van der Waals surface area contributed by atoms with Crippen LogP contribution in [0.3, 0.4) is 0 Å². The van der Waals surface area contributed by atoms with Crippen molar-refractivity contribution in [2.45, 2.75) is 13.0 Å². The summed E-state index contributed by atoms with van der Waals surface area (Å²) in [5.74, 6) is -0.438. The fourth-order valence-corrected chi connectivity index (χ4v) is 2.10. The molecule has 0 heterocycles. The number of anilines is 1. The SMILES string of the molecule is CC(NC(=O)CNc1cccc(Cl)c1)c1ccc(F)cc1. The molecule has 0 aliphatic rings. The van der Waals surface area contributed by atoms with E-state index in [1.165, 1.54) is 12.1 Å². The van der Waals surface area contributed by atoms with Crippen molar-refractivity contribution in [3.63, 3.8) is 0 Å². The molecular formula is C16H16ClFN2O. The fraction of sp³-hybridized carbons (Fsp3) is 0.188. The summed E-state index contributed by atoms with van der Waals surface area (Å²) in [6.45, 7) is 2.00. The average molecular weight is 307 g/mol. The van der Waals surface area contributed by atoms with E-state index in [0.717, 1.165) is 11.3 Å². The van der Waals surface area contributed by atoms with Gasteiger partial charge in [-0.05, 0) is 42.8 Å². The molecule has 0 bridgehead atoms. The third kappa shape index (κ3) is 4.76. The third-order valence-corrected chi connectivity index (χ3v) is 3.26. The van der Waals surface area contributed by atoms with Crippen LogP contribution < -0.4 is 10.6 Å². The maximum absolute atomic E-state index is 12.8. The summed E-state index contributed by atoms with van der Waals surface area (Å²) < 4.78 is 12.8. The Bertz CT molecular complexity index is 616. The second-order valence-corrected chi connectivity index (χ2v) is 5.14. The number of hydrogen-bond donors (Lipinski definition) is 2. The molecule has 0 aromatic heterocycles. The van der Waals surface area contributed by atoms with Gasteiger partial charge in [0.05, 0.1) is 12.6 Å². The minimum Gasteiger partial charge on any atom is -0.376 e. The maximum atomic E-state index is 12.8. The molecule has 110 valence electrons. The van der Waals surface area contributed by atoms with Crippen LogP contribution in [-0.4, -0.2) is 12.5 Å². The van der Waals surface area contributed by atoms with E-state index in [-0.39, 0.29) is 24.3 Å². The first kappa shape index (κ1) is 15.3. The van der Waals surface area contributed by atoms with Gasteiger partial charge in [0, 0.05) is 10.7 Å². The molecule has 1 unspecified atom stereocenters. The second kappa shape index (κ2) is 7.09. The van der Waals surface area contributed by atoms with Gasteiger partial charge in [-0.3, -0.25) is 4.79 Å². The monoisotopic (exact) mass is 306 g/mol. The van der Waals surface area contributed by atoms with Crippen LogP contribution in [0.5, 0.6) is 0 Å². The lowest BCUT2D eigenvalue weighted by Gasteiger charge is -2.15. The van der Waals surface area contributed by atoms with Crippen molar-refractivity contribution in [3.8, 4) is 0 Å². The van der Waals surface area contributed by atoms with Crippen LogP contribution in [0, 0.1) is 5.82 Å². The first-order chi connectivity index (χ1) is 10.0. The second-order valence-electron chi connectivity index (χ2n) is 4.70. The minimum absolute atomic E-state index is 0.145. The van der Waals surface area contributed by atoms with Gasteiger partial charge in [-0.2, -0.15) is 0 Å². The lowest BCUT2D eigenvalue weighted by molar-refractivity contribution is -0.120. The zero-order valence-electron chi connectivity index (χ0n) is 11.6. The normalized spacial score (nSPS) is 11.8. The van der Waals surface area contributed by atoms with E-state index < -0.39 is 0 Å². The van der Waals surface area contributed by atoms with Crippen molar-refractivity contribution in [1.82, 2.24) is 5.32 Å². The largest absolute Gasteiger partial charge is 0.376 e. The van der Waals surface area contributed by atoms with Gasteiger partial charge in [0.1, 0.15) is 5.82 Å². The zero-order valence-corrected chi connectivity index (χ0v) is 12.3. The van der Waals surface area contributed by atoms with Crippen LogP contribution in [0.25, 0.3) is 0 Å². The molecule has 0 spiro atoms. The molecule has 1 amide bonds. The summed E-state index contributed by atoms with van der Waals surface area (Å²) in [5.41, 5.74) is 1.64. The standard InChI is InChI=1S/C16H16ClFN2O/c1-11(12-5-7-14(18)8-6-12)20-16(21)10-19-15-4-2-3-13(17)9-15/h2-9,11,19H,10H2,1H3,(H,20,21). The molecule has 0 radical (unpaired) electrons. The van der Waals surface area contributed by atoms with Gasteiger partial charge in [0.25, 0.3) is 0 Å². The van der Waals surface area contributed by atoms with E-state index in [9.17, 15) is 9.18 Å². The highest BCUT2D eigenvalue weighted by Gasteiger charge is 2.09. The summed E-state index contributed by atoms with van der Waals surface area (Å²) in [6.07, 6.45) is 0. The smallest absolute Gasteiger partial charge is 0.239 e. The van der Waals surface area contributed by atoms with E-state index in [0.29, 0.717) is 5.02 Å². The molecule has 3 nitrogen and oxygen atoms in total. The molecule has 0 aliphatic heterocycles. The van der Waals surface area contributed by atoms with Gasteiger partial charge in [0.2, 0.25) is 5.91 Å². The average Bonchev–Trinajstić information content (AvgIpc) is 2.46. The van der Waals surface area contributed by atoms with Gasteiger partial charge in [-0.15, -0.1) is 0 Å². The van der Waals surface area contributed by atoms with Crippen LogP contribution in [0.2, 0.25) is 5.02 Å². The number of carbonyl (C=O) groups is 1. The Morgan fingerprint density at radius 1 is 1.24 bits per heavy atom. The number of halogens is 2. The lowest BCUT2D eigenvalue weighted by atomic mass is 10.1. The number of carbonyl (C=O) groups excluding carboxylic acids is 1. The number of hydrogen-bond acceptors (Lipinski definition) is 2. The van der Waals surface area contributed by atoms with Crippen LogP contribution in [-0.2, 0) is 4.79 Å². The fourth-order valence-electron chi connectivity index (χ4n) is 1.91. The summed E-state index contributed by atoms with van der Waals surface area (Å²) in [5, 5.41) is 6.45. The number of benzene rings is 2. The third-order valence-electron chi connectivity index (χ3n) is 3.03. The molecule has 2 aromatic rings. The topological polar surface area (TPSA) is 41.1 Å². The number of amides is 1. The van der Waals surface area contributed by atoms with Crippen molar-refractivity contribution < 1.29 is 9.18 Å². The van der Waals surface area contributed by atoms with Gasteiger partial charge in [0.15, 0.2) is 0 Å². The molecular weight excluding hydrogens is 291 g/mol. The van der Waals surface area contributed by atoms with Crippen molar-refractivity contribution in [2.75, 3.05) is 11.9 Å². The zero-order chi connectivity index (χ0) is 15.2. The molecule has 2 rings (SSSR count). The molecule has 5 heteroatoms. The highest BCUT2D eigenvalue weighted by Crippen LogP contribution is 2.15. The first-order valence-electron chi connectivity index (χ1n) is 6.59. The van der Waals surface area contributed by atoms with Crippen molar-refractivity contribution in [1.29, 1.82) is 0 Å². The van der Waals surface area contributed by atoms with Gasteiger partial charge in [-0.25, -0.2) is 4.39 Å². The van der Waals surface area contributed by atoms with Crippen LogP contribution >= 0.6 is 11.6 Å². The molecule has 1 atom stereocenters. The van der Waals surface area contributed by atoms with Crippen molar-refractivity contribution >= 4 is 23.2 Å². The van der Waals surface area contributed by atoms with Gasteiger partial charge < -0.3 is 10.6 Å². The molecule has 0 aliphatic carbocycles. The van der Waals surface area contributed by atoms with Crippen LogP contribution in [0.4, 0.5) is 10.1 Å². The highest BCUT2D eigenvalue weighted by atomic mass is 35.5. The van der Waals surface area contributed by atoms with Gasteiger partial charge in [-0.1, -0.05) is 29.8 Å². The predicted octanol–water partition coefficient (Wildman–Crippen LogP) is 3.77. The lowest BCUT2D eigenvalue weighted by Crippen LogP contribution is -2.32. The first-order valence-corrected chi connectivity index (χ1v) is 6.96. The molecule has 0 saturated carbocycles. The molecule has 2 aromatic carbocycles. The van der Waals surface area contributed by atoms with E-state index in [2.05, 4.69) is 10.6 Å². The van der Waals surface area contributed by atoms with E-state index >= 15 is 0 Å². The van der Waals surface area contributed by atoms with Crippen molar-refractivity contribution in [3.05, 3.63) is 64.9 Å². The summed E-state index contributed by atoms with van der Waals surface area (Å²) >= 11 is 5.87. The molecule has 0 saturated heterocycles. The Hall–Kier alpha value is -2.07. The van der Waals surface area contributed by atoms with Crippen LogP contribution in [0.1, 0.15) is 18.5 Å². The maximum Gasteiger partial charge on any atom is 0.239 e. The predicted molar refractivity (Wildman–Crippen MR) is 82.9 cm³/mol. The van der Waals surface area contributed by atoms with Gasteiger partial charge >= 0.3 is 0 Å². The summed E-state index contributed by atoms with van der Waals surface area (Å²) in [7, 11) is 0. The number of rotatable bonds is 5. The van der Waals surface area contributed by atoms with Crippen LogP contribution in [0.15, 0.2) is 48.5 Å². The Morgan fingerprint density at radius 3 is 2.62 bits per heavy atom. The summed E-state index contributed by atoms with van der Waals surface area (Å²) in [6, 6.07) is 13.0. The molecule has 21 heavy (non-hydrogen) atoms. The Kier molecular flexibility index (Phi) is 5.17. The molecule has 0 fully saturated rings. The molecule has 2 N–H and O–H groups in total.